The summed E-state index contributed by atoms with van der Waals surface area (Å²) in [5.41, 5.74) is 0.397. The molecule has 0 atom stereocenters. The van der Waals surface area contributed by atoms with Gasteiger partial charge in [0.1, 0.15) is 0 Å². The van der Waals surface area contributed by atoms with Gasteiger partial charge in [-0.2, -0.15) is 0 Å². The molecule has 2 amide bonds. The number of anilines is 2. The molecule has 0 heterocycles. The number of hydrogen-bond donors (Lipinski definition) is 2. The van der Waals surface area contributed by atoms with Crippen molar-refractivity contribution in [2.24, 2.45) is 0 Å². The largest absolute Gasteiger partial charge is 0.423 e. The molecule has 0 aromatic heterocycles. The third kappa shape index (κ3) is 9.09. The van der Waals surface area contributed by atoms with Gasteiger partial charge in [-0.1, -0.05) is 0 Å². The highest BCUT2D eigenvalue weighted by atomic mass is 16.6. The van der Waals surface area contributed by atoms with Crippen LogP contribution < -0.4 is 29.6 Å². The predicted octanol–water partition coefficient (Wildman–Crippen LogP) is 2.52. The van der Waals surface area contributed by atoms with Crippen LogP contribution in [0.25, 0.3) is 0 Å². The van der Waals surface area contributed by atoms with Crippen molar-refractivity contribution in [2.45, 2.75) is 27.7 Å². The van der Waals surface area contributed by atoms with Crippen LogP contribution in [0.4, 0.5) is 11.4 Å². The molecule has 2 rings (SSSR count). The summed E-state index contributed by atoms with van der Waals surface area (Å²) in [6, 6.07) is 7.99. The second-order valence-corrected chi connectivity index (χ2v) is 7.01. The molecule has 188 valence electrons. The molecule has 36 heavy (non-hydrogen) atoms. The van der Waals surface area contributed by atoms with Crippen LogP contribution in [0.1, 0.15) is 27.7 Å². The van der Waals surface area contributed by atoms with Gasteiger partial charge in [-0.15, -0.1) is 0 Å². The molecule has 0 saturated carbocycles. The molecule has 0 aliphatic heterocycles. The fourth-order valence-electron chi connectivity index (χ4n) is 2.64. The fourth-order valence-corrected chi connectivity index (χ4v) is 2.64. The summed E-state index contributed by atoms with van der Waals surface area (Å²) in [5.74, 6) is -4.17. The number of hydrogen-bond acceptors (Lipinski definition) is 10. The Morgan fingerprint density at radius 1 is 0.528 bits per heavy atom. The first-order valence-corrected chi connectivity index (χ1v) is 10.2. The van der Waals surface area contributed by atoms with Crippen LogP contribution in [-0.4, -0.2) is 35.7 Å². The summed E-state index contributed by atoms with van der Waals surface area (Å²) in [7, 11) is 0. The van der Waals surface area contributed by atoms with Gasteiger partial charge in [0, 0.05) is 63.4 Å². The standard InChI is InChI=1S/C24H22N2O10/c1-13(27)33-19-7-5-17(11-21(19)35-15(3)29)25-23(31)9-10-24(32)26-18-6-8-20(34-14(2)28)22(12-18)36-16(4)30/h5-12H,1-4H3,(H,25,31)(H,26,32)/b10-9-. The Hall–Kier alpha value is -5.00. The number of nitrogens with one attached hydrogen (secondary N) is 2. The van der Waals surface area contributed by atoms with E-state index in [4.69, 9.17) is 18.9 Å². The average molecular weight is 498 g/mol. The maximum absolute atomic E-state index is 12.2. The minimum Gasteiger partial charge on any atom is -0.423 e. The summed E-state index contributed by atoms with van der Waals surface area (Å²) >= 11 is 0. The molecule has 0 unspecified atom stereocenters. The predicted molar refractivity (Wildman–Crippen MR) is 125 cm³/mol. The molecule has 2 N–H and O–H groups in total. The van der Waals surface area contributed by atoms with Gasteiger partial charge < -0.3 is 29.6 Å². The lowest BCUT2D eigenvalue weighted by Crippen LogP contribution is -2.13. The molecular weight excluding hydrogens is 476 g/mol. The molecular formula is C24H22N2O10. The van der Waals surface area contributed by atoms with E-state index in [1.807, 2.05) is 0 Å². The molecule has 0 aliphatic rings. The molecule has 0 radical (unpaired) electrons. The van der Waals surface area contributed by atoms with Gasteiger partial charge in [0.25, 0.3) is 0 Å². The molecule has 2 aromatic rings. The number of amides is 2. The molecule has 12 heteroatoms. The van der Waals surface area contributed by atoms with Gasteiger partial charge in [-0.05, 0) is 24.3 Å². The highest BCUT2D eigenvalue weighted by molar-refractivity contribution is 6.07. The van der Waals surface area contributed by atoms with E-state index in [9.17, 15) is 28.8 Å². The lowest BCUT2D eigenvalue weighted by molar-refractivity contribution is -0.134. The van der Waals surface area contributed by atoms with Gasteiger partial charge in [0.15, 0.2) is 23.0 Å². The number of benzene rings is 2. The Labute approximate surface area is 205 Å². The first-order valence-electron chi connectivity index (χ1n) is 10.2. The van der Waals surface area contributed by atoms with E-state index in [1.165, 1.54) is 50.2 Å². The molecule has 2 aromatic carbocycles. The van der Waals surface area contributed by atoms with E-state index in [1.54, 1.807) is 0 Å². The smallest absolute Gasteiger partial charge is 0.308 e. The van der Waals surface area contributed by atoms with Crippen molar-refractivity contribution in [1.29, 1.82) is 0 Å². The molecule has 12 nitrogen and oxygen atoms in total. The van der Waals surface area contributed by atoms with E-state index in [0.717, 1.165) is 26.0 Å². The Kier molecular flexibility index (Phi) is 9.43. The van der Waals surface area contributed by atoms with Crippen LogP contribution in [0.15, 0.2) is 48.6 Å². The number of carbonyl (C=O) groups is 6. The van der Waals surface area contributed by atoms with Crippen molar-refractivity contribution in [3.05, 3.63) is 48.6 Å². The minimum atomic E-state index is -0.690. The normalized spacial score (nSPS) is 10.2. The Morgan fingerprint density at radius 3 is 1.14 bits per heavy atom. The van der Waals surface area contributed by atoms with Crippen molar-refractivity contribution in [2.75, 3.05) is 10.6 Å². The molecule has 0 aliphatic carbocycles. The van der Waals surface area contributed by atoms with Crippen LogP contribution in [0.3, 0.4) is 0 Å². The zero-order valence-corrected chi connectivity index (χ0v) is 19.7. The van der Waals surface area contributed by atoms with Gasteiger partial charge in [-0.25, -0.2) is 0 Å². The van der Waals surface area contributed by atoms with Crippen LogP contribution >= 0.6 is 0 Å². The number of rotatable bonds is 8. The zero-order chi connectivity index (χ0) is 26.8. The highest BCUT2D eigenvalue weighted by Gasteiger charge is 2.14. The summed E-state index contributed by atoms with van der Waals surface area (Å²) in [5, 5.41) is 4.94. The van der Waals surface area contributed by atoms with Crippen molar-refractivity contribution >= 4 is 47.1 Å². The van der Waals surface area contributed by atoms with Crippen molar-refractivity contribution in [1.82, 2.24) is 0 Å². The van der Waals surface area contributed by atoms with Gasteiger partial charge in [-0.3, -0.25) is 28.8 Å². The summed E-state index contributed by atoms with van der Waals surface area (Å²) in [6.07, 6.45) is 1.89. The minimum absolute atomic E-state index is 0.0153. The second kappa shape index (κ2) is 12.5. The topological polar surface area (TPSA) is 163 Å². The monoisotopic (exact) mass is 498 g/mol. The molecule has 0 fully saturated rings. The van der Waals surface area contributed by atoms with Crippen LogP contribution in [0.2, 0.25) is 0 Å². The molecule has 0 spiro atoms. The first-order chi connectivity index (χ1) is 16.9. The molecule has 0 bridgehead atoms. The first kappa shape index (κ1) is 27.2. The van der Waals surface area contributed by atoms with Crippen molar-refractivity contribution < 1.29 is 47.7 Å². The second-order valence-electron chi connectivity index (χ2n) is 7.01. The number of carbonyl (C=O) groups excluding carboxylic acids is 6. The lowest BCUT2D eigenvalue weighted by atomic mass is 10.2. The molecule has 0 saturated heterocycles. The third-order valence-corrected chi connectivity index (χ3v) is 3.82. The van der Waals surface area contributed by atoms with E-state index in [0.29, 0.717) is 0 Å². The van der Waals surface area contributed by atoms with Crippen LogP contribution in [0.5, 0.6) is 23.0 Å². The van der Waals surface area contributed by atoms with E-state index in [2.05, 4.69) is 10.6 Å². The van der Waals surface area contributed by atoms with Gasteiger partial charge >= 0.3 is 23.9 Å². The van der Waals surface area contributed by atoms with Gasteiger partial charge in [0.05, 0.1) is 0 Å². The Morgan fingerprint density at radius 2 is 0.833 bits per heavy atom. The van der Waals surface area contributed by atoms with E-state index >= 15 is 0 Å². The van der Waals surface area contributed by atoms with E-state index in [-0.39, 0.29) is 34.4 Å². The van der Waals surface area contributed by atoms with Crippen LogP contribution in [0, 0.1) is 0 Å². The zero-order valence-electron chi connectivity index (χ0n) is 19.7. The van der Waals surface area contributed by atoms with Crippen molar-refractivity contribution in [3.63, 3.8) is 0 Å². The summed E-state index contributed by atoms with van der Waals surface area (Å²) in [6.45, 7) is 4.66. The lowest BCUT2D eigenvalue weighted by Gasteiger charge is -2.11. The van der Waals surface area contributed by atoms with E-state index < -0.39 is 35.7 Å². The highest BCUT2D eigenvalue weighted by Crippen LogP contribution is 2.32. The quantitative estimate of drug-likeness (QED) is 0.314. The maximum atomic E-state index is 12.2. The summed E-state index contributed by atoms with van der Waals surface area (Å²) in [4.78, 5) is 69.4. The third-order valence-electron chi connectivity index (χ3n) is 3.82. The number of esters is 4. The Bertz CT molecular complexity index is 1150. The van der Waals surface area contributed by atoms with Gasteiger partial charge in [0.2, 0.25) is 11.8 Å². The summed E-state index contributed by atoms with van der Waals surface area (Å²) < 4.78 is 19.9. The number of ether oxygens (including phenoxy) is 4. The average Bonchev–Trinajstić information content (AvgIpc) is 2.74. The van der Waals surface area contributed by atoms with Crippen molar-refractivity contribution in [3.8, 4) is 23.0 Å². The Balaban J connectivity index is 2.08. The van der Waals surface area contributed by atoms with Crippen LogP contribution in [-0.2, 0) is 28.8 Å². The maximum Gasteiger partial charge on any atom is 0.308 e. The fraction of sp³-hybridized carbons (Fsp3) is 0.167. The SMILES string of the molecule is CC(=O)Oc1ccc(NC(=O)/C=C\C(=O)Nc2ccc(OC(C)=O)c(OC(C)=O)c2)cc1OC(C)=O.